The van der Waals surface area contributed by atoms with Crippen LogP contribution in [0.4, 0.5) is 0 Å². The Morgan fingerprint density at radius 3 is 2.58 bits per heavy atom. The zero-order valence-corrected chi connectivity index (χ0v) is 13.4. The van der Waals surface area contributed by atoms with E-state index >= 15 is 0 Å². The van der Waals surface area contributed by atoms with Gasteiger partial charge in [-0.15, -0.1) is 0 Å². The Labute approximate surface area is 140 Å². The number of aromatic nitrogens is 1. The first-order valence-electron chi connectivity index (χ1n) is 7.79. The molecule has 0 fully saturated rings. The molecule has 3 rings (SSSR count). The van der Waals surface area contributed by atoms with Gasteiger partial charge in [0.2, 0.25) is 0 Å². The van der Waals surface area contributed by atoms with Gasteiger partial charge in [0.15, 0.2) is 5.88 Å². The minimum atomic E-state index is -0.951. The molecule has 2 aromatic carbocycles. The van der Waals surface area contributed by atoms with E-state index in [4.69, 9.17) is 5.11 Å². The second-order valence-corrected chi connectivity index (χ2v) is 5.76. The maximum absolute atomic E-state index is 11.1. The third-order valence-corrected chi connectivity index (χ3v) is 4.16. The molecule has 0 bridgehead atoms. The zero-order chi connectivity index (χ0) is 17.1. The number of rotatable bonds is 5. The van der Waals surface area contributed by atoms with E-state index in [1.807, 2.05) is 54.6 Å². The van der Waals surface area contributed by atoms with Crippen molar-refractivity contribution in [3.8, 4) is 5.88 Å². The van der Waals surface area contributed by atoms with Gasteiger partial charge in [-0.3, -0.25) is 4.79 Å². The Morgan fingerprint density at radius 2 is 1.88 bits per heavy atom. The molecule has 0 unspecified atom stereocenters. The van der Waals surface area contributed by atoms with Crippen LogP contribution in [0.2, 0.25) is 0 Å². The number of aliphatic carboxylic acids is 1. The molecule has 3 aromatic rings. The molecule has 0 aliphatic rings. The molecule has 0 saturated heterocycles. The van der Waals surface area contributed by atoms with Crippen LogP contribution in [0.1, 0.15) is 16.7 Å². The first-order valence-corrected chi connectivity index (χ1v) is 7.79. The van der Waals surface area contributed by atoms with Crippen LogP contribution in [0.5, 0.6) is 5.88 Å². The summed E-state index contributed by atoms with van der Waals surface area (Å²) in [5, 5.41) is 20.3. The number of hydrogen-bond acceptors (Lipinski definition) is 2. The van der Waals surface area contributed by atoms with Crippen LogP contribution in [-0.2, 0) is 24.7 Å². The van der Waals surface area contributed by atoms with Crippen molar-refractivity contribution in [2.24, 2.45) is 7.05 Å². The third-order valence-electron chi connectivity index (χ3n) is 4.16. The molecular weight excluding hydrogens is 302 g/mol. The molecule has 24 heavy (non-hydrogen) atoms. The van der Waals surface area contributed by atoms with Gasteiger partial charge < -0.3 is 14.8 Å². The van der Waals surface area contributed by atoms with Crippen molar-refractivity contribution >= 4 is 22.9 Å². The predicted octanol–water partition coefficient (Wildman–Crippen LogP) is 3.77. The summed E-state index contributed by atoms with van der Waals surface area (Å²) in [6.45, 7) is 0. The molecule has 4 heteroatoms. The number of aryl methyl sites for hydroxylation is 1. The molecule has 1 heterocycles. The van der Waals surface area contributed by atoms with Crippen molar-refractivity contribution in [3.05, 3.63) is 71.3 Å². The molecule has 0 aliphatic carbocycles. The summed E-state index contributed by atoms with van der Waals surface area (Å²) >= 11 is 0. The summed E-state index contributed by atoms with van der Waals surface area (Å²) in [6, 6.07) is 15.8. The summed E-state index contributed by atoms with van der Waals surface area (Å²) in [7, 11) is 1.74. The van der Waals surface area contributed by atoms with Gasteiger partial charge in [0.05, 0.1) is 11.9 Å². The number of carboxylic acid groups (broad SMARTS) is 1. The Morgan fingerprint density at radius 1 is 1.12 bits per heavy atom. The average Bonchev–Trinajstić information content (AvgIpc) is 2.81. The molecule has 0 amide bonds. The van der Waals surface area contributed by atoms with Crippen LogP contribution in [-0.4, -0.2) is 20.7 Å². The zero-order valence-electron chi connectivity index (χ0n) is 13.4. The maximum Gasteiger partial charge on any atom is 0.308 e. The number of fused-ring (bicyclic) bond motifs is 1. The Kier molecular flexibility index (Phi) is 4.38. The van der Waals surface area contributed by atoms with E-state index in [-0.39, 0.29) is 12.3 Å². The van der Waals surface area contributed by atoms with Gasteiger partial charge in [0.1, 0.15) is 0 Å². The van der Waals surface area contributed by atoms with Crippen LogP contribution in [0.25, 0.3) is 17.0 Å². The minimum absolute atomic E-state index is 0.0203. The monoisotopic (exact) mass is 321 g/mol. The molecule has 122 valence electrons. The van der Waals surface area contributed by atoms with Gasteiger partial charge in [-0.1, -0.05) is 54.6 Å². The Balaban J connectivity index is 2.00. The second kappa shape index (κ2) is 6.62. The summed E-state index contributed by atoms with van der Waals surface area (Å²) < 4.78 is 1.64. The normalized spacial score (nSPS) is 11.4. The molecule has 2 N–H and O–H groups in total. The number of nitrogens with zero attached hydrogens (tertiary/aromatic N) is 1. The van der Waals surface area contributed by atoms with Gasteiger partial charge in [-0.05, 0) is 23.6 Å². The number of aromatic hydroxyl groups is 1. The third kappa shape index (κ3) is 3.04. The number of hydrogen-bond donors (Lipinski definition) is 2. The van der Waals surface area contributed by atoms with Crippen LogP contribution < -0.4 is 0 Å². The van der Waals surface area contributed by atoms with Crippen LogP contribution in [0.3, 0.4) is 0 Å². The van der Waals surface area contributed by atoms with Crippen molar-refractivity contribution in [1.82, 2.24) is 4.57 Å². The van der Waals surface area contributed by atoms with Gasteiger partial charge in [-0.25, -0.2) is 0 Å². The summed E-state index contributed by atoms with van der Waals surface area (Å²) in [6.07, 6.45) is 4.57. The van der Waals surface area contributed by atoms with Crippen LogP contribution >= 0.6 is 0 Å². The lowest BCUT2D eigenvalue weighted by Crippen LogP contribution is -2.00. The lowest BCUT2D eigenvalue weighted by molar-refractivity contribution is -0.136. The number of carboxylic acids is 1. The topological polar surface area (TPSA) is 62.5 Å². The predicted molar refractivity (Wildman–Crippen MR) is 95.1 cm³/mol. The van der Waals surface area contributed by atoms with Gasteiger partial charge >= 0.3 is 5.97 Å². The SMILES string of the molecule is Cn1c(O)c(CC(=O)O)c2c(C/C=C/c3ccccc3)cccc21. The lowest BCUT2D eigenvalue weighted by atomic mass is 10.0. The molecule has 0 spiro atoms. The van der Waals surface area contributed by atoms with Gasteiger partial charge in [-0.2, -0.15) is 0 Å². The number of allylic oxidation sites excluding steroid dienone is 1. The van der Waals surface area contributed by atoms with Crippen molar-refractivity contribution in [2.45, 2.75) is 12.8 Å². The van der Waals surface area contributed by atoms with Crippen molar-refractivity contribution in [2.75, 3.05) is 0 Å². The fourth-order valence-corrected chi connectivity index (χ4v) is 3.02. The maximum atomic E-state index is 11.1. The van der Waals surface area contributed by atoms with E-state index in [9.17, 15) is 9.90 Å². The Hall–Kier alpha value is -3.01. The second-order valence-electron chi connectivity index (χ2n) is 5.76. The molecule has 0 aliphatic heterocycles. The highest BCUT2D eigenvalue weighted by atomic mass is 16.4. The summed E-state index contributed by atoms with van der Waals surface area (Å²) in [4.78, 5) is 11.1. The average molecular weight is 321 g/mol. The lowest BCUT2D eigenvalue weighted by Gasteiger charge is -2.03. The highest BCUT2D eigenvalue weighted by Crippen LogP contribution is 2.33. The van der Waals surface area contributed by atoms with E-state index in [1.165, 1.54) is 0 Å². The first-order chi connectivity index (χ1) is 11.6. The quantitative estimate of drug-likeness (QED) is 0.752. The van der Waals surface area contributed by atoms with Gasteiger partial charge in [0, 0.05) is 18.0 Å². The Bertz CT molecular complexity index is 908. The van der Waals surface area contributed by atoms with Crippen LogP contribution in [0, 0.1) is 0 Å². The van der Waals surface area contributed by atoms with Gasteiger partial charge in [0.25, 0.3) is 0 Å². The molecular formula is C20H19NO3. The van der Waals surface area contributed by atoms with E-state index in [2.05, 4.69) is 6.08 Å². The minimum Gasteiger partial charge on any atom is -0.494 e. The van der Waals surface area contributed by atoms with E-state index in [0.29, 0.717) is 12.0 Å². The van der Waals surface area contributed by atoms with Crippen molar-refractivity contribution in [1.29, 1.82) is 0 Å². The molecule has 0 radical (unpaired) electrons. The number of benzene rings is 2. The van der Waals surface area contributed by atoms with Crippen molar-refractivity contribution in [3.63, 3.8) is 0 Å². The highest BCUT2D eigenvalue weighted by molar-refractivity contribution is 5.93. The molecule has 1 aromatic heterocycles. The fraction of sp³-hybridized carbons (Fsp3) is 0.150. The largest absolute Gasteiger partial charge is 0.494 e. The molecule has 4 nitrogen and oxygen atoms in total. The number of carbonyl (C=O) groups is 1. The summed E-state index contributed by atoms with van der Waals surface area (Å²) in [5.74, 6) is -0.931. The van der Waals surface area contributed by atoms with Crippen LogP contribution in [0.15, 0.2) is 54.6 Å². The molecule has 0 atom stereocenters. The molecule has 0 saturated carbocycles. The van der Waals surface area contributed by atoms with E-state index in [1.54, 1.807) is 11.6 Å². The van der Waals surface area contributed by atoms with E-state index < -0.39 is 5.97 Å². The smallest absolute Gasteiger partial charge is 0.308 e. The highest BCUT2D eigenvalue weighted by Gasteiger charge is 2.18. The standard InChI is InChI=1S/C20H19NO3/c1-21-17-12-6-11-15(10-5-9-14-7-3-2-4-8-14)19(17)16(20(21)24)13-18(22)23/h2-9,11-12,24H,10,13H2,1H3,(H,22,23)/b9-5+. The summed E-state index contributed by atoms with van der Waals surface area (Å²) in [5.41, 5.74) is 3.44. The fourth-order valence-electron chi connectivity index (χ4n) is 3.02. The first kappa shape index (κ1) is 15.9. The van der Waals surface area contributed by atoms with E-state index in [0.717, 1.165) is 22.0 Å². The van der Waals surface area contributed by atoms with Crippen molar-refractivity contribution < 1.29 is 15.0 Å².